The molecule has 128 valence electrons. The van der Waals surface area contributed by atoms with Crippen molar-refractivity contribution in [3.8, 4) is 0 Å². The van der Waals surface area contributed by atoms with E-state index in [2.05, 4.69) is 39.9 Å². The highest BCUT2D eigenvalue weighted by Gasteiger charge is 2.38. The number of halogens is 2. The molecule has 2 N–H and O–H groups in total. The van der Waals surface area contributed by atoms with Crippen molar-refractivity contribution in [3.63, 3.8) is 0 Å². The summed E-state index contributed by atoms with van der Waals surface area (Å²) in [5.74, 6) is 1.12. The maximum Gasteiger partial charge on any atom is 0.191 e. The second-order valence-corrected chi connectivity index (χ2v) is 5.83. The topological polar surface area (TPSA) is 36.4 Å². The summed E-state index contributed by atoms with van der Waals surface area (Å²) in [5.41, 5.74) is 2.24. The van der Waals surface area contributed by atoms with Crippen molar-refractivity contribution in [2.45, 2.75) is 31.8 Å². The normalized spacial score (nSPS) is 19.3. The number of hydrogen-bond acceptors (Lipinski definition) is 1. The Morgan fingerprint density at radius 2 is 1.96 bits per heavy atom. The zero-order valence-electron chi connectivity index (χ0n) is 13.7. The summed E-state index contributed by atoms with van der Waals surface area (Å²) in [5, 5.41) is 6.73. The third kappa shape index (κ3) is 5.19. The first kappa shape index (κ1) is 18.7. The van der Waals surface area contributed by atoms with E-state index < -0.39 is 0 Å². The van der Waals surface area contributed by atoms with Gasteiger partial charge in [0.25, 0.3) is 0 Å². The molecule has 0 amide bonds. The maximum absolute atomic E-state index is 13.2. The van der Waals surface area contributed by atoms with Crippen molar-refractivity contribution in [2.75, 3.05) is 6.54 Å². The van der Waals surface area contributed by atoms with Crippen LogP contribution in [0.5, 0.6) is 0 Å². The van der Waals surface area contributed by atoms with Crippen LogP contribution in [0.25, 0.3) is 0 Å². The molecule has 5 heteroatoms. The fraction of sp³-hybridized carbons (Fsp3) is 0.316. The summed E-state index contributed by atoms with van der Waals surface area (Å²) in [6.45, 7) is 3.31. The van der Waals surface area contributed by atoms with Crippen LogP contribution >= 0.6 is 24.0 Å². The zero-order valence-corrected chi connectivity index (χ0v) is 16.0. The predicted molar refractivity (Wildman–Crippen MR) is 107 cm³/mol. The Morgan fingerprint density at radius 1 is 1.17 bits per heavy atom. The standard InChI is InChI=1S/C19H22FN3.HI/c1-2-21-19(22-13-14-7-6-10-16(20)11-14)23-18-12-17(18)15-8-4-3-5-9-15;/h3-11,17-18H,2,12-13H2,1H3,(H2,21,22,23);1H. The molecular weight excluding hydrogens is 416 g/mol. The van der Waals surface area contributed by atoms with E-state index in [1.807, 2.05) is 19.1 Å². The third-order valence-corrected chi connectivity index (χ3v) is 3.99. The zero-order chi connectivity index (χ0) is 16.1. The molecule has 3 nitrogen and oxygen atoms in total. The minimum absolute atomic E-state index is 0. The monoisotopic (exact) mass is 439 g/mol. The fourth-order valence-electron chi connectivity index (χ4n) is 2.72. The lowest BCUT2D eigenvalue weighted by atomic mass is 10.1. The van der Waals surface area contributed by atoms with E-state index in [0.29, 0.717) is 18.5 Å². The highest BCUT2D eigenvalue weighted by Crippen LogP contribution is 2.40. The molecule has 24 heavy (non-hydrogen) atoms. The van der Waals surface area contributed by atoms with Crippen LogP contribution in [0.2, 0.25) is 0 Å². The van der Waals surface area contributed by atoms with E-state index in [0.717, 1.165) is 24.5 Å². The first-order chi connectivity index (χ1) is 11.3. The Labute approximate surface area is 159 Å². The van der Waals surface area contributed by atoms with E-state index >= 15 is 0 Å². The van der Waals surface area contributed by atoms with Crippen molar-refractivity contribution >= 4 is 29.9 Å². The van der Waals surface area contributed by atoms with Gasteiger partial charge in [-0.05, 0) is 36.6 Å². The quantitative estimate of drug-likeness (QED) is 0.419. The van der Waals surface area contributed by atoms with Gasteiger partial charge < -0.3 is 10.6 Å². The van der Waals surface area contributed by atoms with Gasteiger partial charge in [-0.25, -0.2) is 9.38 Å². The maximum atomic E-state index is 13.2. The van der Waals surface area contributed by atoms with Crippen LogP contribution < -0.4 is 10.6 Å². The second-order valence-electron chi connectivity index (χ2n) is 5.83. The molecule has 1 aliphatic carbocycles. The van der Waals surface area contributed by atoms with Crippen LogP contribution in [0.1, 0.15) is 30.4 Å². The largest absolute Gasteiger partial charge is 0.357 e. The summed E-state index contributed by atoms with van der Waals surface area (Å²) < 4.78 is 13.2. The van der Waals surface area contributed by atoms with Gasteiger partial charge in [0.15, 0.2) is 5.96 Å². The molecule has 3 rings (SSSR count). The second kappa shape index (κ2) is 9.01. The van der Waals surface area contributed by atoms with Crippen LogP contribution in [0.3, 0.4) is 0 Å². The summed E-state index contributed by atoms with van der Waals surface area (Å²) in [7, 11) is 0. The van der Waals surface area contributed by atoms with Crippen LogP contribution in [-0.4, -0.2) is 18.5 Å². The number of aliphatic imine (C=N–C) groups is 1. The summed E-state index contributed by atoms with van der Waals surface area (Å²) in [6.07, 6.45) is 1.12. The minimum atomic E-state index is -0.220. The van der Waals surface area contributed by atoms with Crippen molar-refractivity contribution < 1.29 is 4.39 Å². The average Bonchev–Trinajstić information content (AvgIpc) is 3.33. The van der Waals surface area contributed by atoms with Crippen molar-refractivity contribution in [1.82, 2.24) is 10.6 Å². The summed E-state index contributed by atoms with van der Waals surface area (Å²) in [4.78, 5) is 4.56. The van der Waals surface area contributed by atoms with Gasteiger partial charge >= 0.3 is 0 Å². The lowest BCUT2D eigenvalue weighted by Crippen LogP contribution is -2.39. The molecule has 1 saturated carbocycles. The van der Waals surface area contributed by atoms with Gasteiger partial charge in [0.2, 0.25) is 0 Å². The Balaban J connectivity index is 0.00000208. The first-order valence-electron chi connectivity index (χ1n) is 8.10. The van der Waals surface area contributed by atoms with Gasteiger partial charge in [0, 0.05) is 18.5 Å². The SMILES string of the molecule is CCNC(=NCc1cccc(F)c1)NC1CC1c1ccccc1.I. The number of rotatable bonds is 5. The summed E-state index contributed by atoms with van der Waals surface area (Å²) >= 11 is 0. The molecule has 0 aliphatic heterocycles. The van der Waals surface area contributed by atoms with Gasteiger partial charge in [0.05, 0.1) is 6.54 Å². The molecule has 2 aromatic rings. The third-order valence-electron chi connectivity index (χ3n) is 3.99. The van der Waals surface area contributed by atoms with Gasteiger partial charge in [-0.2, -0.15) is 0 Å². The van der Waals surface area contributed by atoms with Gasteiger partial charge in [-0.15, -0.1) is 24.0 Å². The molecule has 2 unspecified atom stereocenters. The predicted octanol–water partition coefficient (Wildman–Crippen LogP) is 4.05. The average molecular weight is 439 g/mol. The lowest BCUT2D eigenvalue weighted by Gasteiger charge is -2.11. The summed E-state index contributed by atoms with van der Waals surface area (Å²) in [6, 6.07) is 17.5. The van der Waals surface area contributed by atoms with E-state index in [-0.39, 0.29) is 29.8 Å². The molecule has 2 aromatic carbocycles. The van der Waals surface area contributed by atoms with Crippen molar-refractivity contribution in [3.05, 3.63) is 71.5 Å². The number of nitrogens with zero attached hydrogens (tertiary/aromatic N) is 1. The van der Waals surface area contributed by atoms with Crippen LogP contribution in [-0.2, 0) is 6.54 Å². The molecule has 0 bridgehead atoms. The van der Waals surface area contributed by atoms with Gasteiger partial charge in [0.1, 0.15) is 5.82 Å². The van der Waals surface area contributed by atoms with Crippen molar-refractivity contribution in [1.29, 1.82) is 0 Å². The number of hydrogen-bond donors (Lipinski definition) is 2. The van der Waals surface area contributed by atoms with Crippen molar-refractivity contribution in [2.24, 2.45) is 4.99 Å². The van der Waals surface area contributed by atoms with Gasteiger partial charge in [-0.1, -0.05) is 42.5 Å². The molecule has 1 aliphatic rings. The van der Waals surface area contributed by atoms with E-state index in [9.17, 15) is 4.39 Å². The highest BCUT2D eigenvalue weighted by molar-refractivity contribution is 14.0. The van der Waals surface area contributed by atoms with Crippen LogP contribution in [0, 0.1) is 5.82 Å². The molecule has 0 heterocycles. The first-order valence-corrected chi connectivity index (χ1v) is 8.10. The number of guanidine groups is 1. The molecular formula is C19H23FIN3. The molecule has 0 radical (unpaired) electrons. The van der Waals surface area contributed by atoms with E-state index in [1.54, 1.807) is 6.07 Å². The highest BCUT2D eigenvalue weighted by atomic mass is 127. The smallest absolute Gasteiger partial charge is 0.191 e. The van der Waals surface area contributed by atoms with Crippen LogP contribution in [0.15, 0.2) is 59.6 Å². The molecule has 0 saturated heterocycles. The molecule has 2 atom stereocenters. The Morgan fingerprint density at radius 3 is 2.67 bits per heavy atom. The van der Waals surface area contributed by atoms with E-state index in [1.165, 1.54) is 17.7 Å². The Kier molecular flexibility index (Phi) is 7.02. The number of benzene rings is 2. The Bertz CT molecular complexity index is 675. The molecule has 0 spiro atoms. The molecule has 0 aromatic heterocycles. The fourth-order valence-corrected chi connectivity index (χ4v) is 2.72. The van der Waals surface area contributed by atoms with Gasteiger partial charge in [-0.3, -0.25) is 0 Å². The minimum Gasteiger partial charge on any atom is -0.357 e. The molecule has 1 fully saturated rings. The number of nitrogens with one attached hydrogen (secondary N) is 2. The van der Waals surface area contributed by atoms with Crippen LogP contribution in [0.4, 0.5) is 4.39 Å². The van der Waals surface area contributed by atoms with E-state index in [4.69, 9.17) is 0 Å². The Hall–Kier alpha value is -1.63. The lowest BCUT2D eigenvalue weighted by molar-refractivity contribution is 0.625.